The van der Waals surface area contributed by atoms with E-state index in [0.29, 0.717) is 12.2 Å². The highest BCUT2D eigenvalue weighted by Gasteiger charge is 2.09. The lowest BCUT2D eigenvalue weighted by Crippen LogP contribution is -2.13. The van der Waals surface area contributed by atoms with Crippen LogP contribution in [0.25, 0.3) is 11.1 Å². The number of amides is 1. The Balaban J connectivity index is 1.31. The average Bonchev–Trinajstić information content (AvgIpc) is 3.28. The van der Waals surface area contributed by atoms with Gasteiger partial charge in [-0.05, 0) is 46.0 Å². The predicted molar refractivity (Wildman–Crippen MR) is 131 cm³/mol. The van der Waals surface area contributed by atoms with E-state index in [1.807, 2.05) is 66.0 Å². The Labute approximate surface area is 196 Å². The molecule has 0 fully saturated rings. The number of carbonyl (C=O) groups is 2. The molecule has 0 aliphatic carbocycles. The zero-order valence-electron chi connectivity index (χ0n) is 17.9. The number of carboxylic acids is 1. The summed E-state index contributed by atoms with van der Waals surface area (Å²) in [7, 11) is 0. The highest BCUT2D eigenvalue weighted by Crippen LogP contribution is 2.30. The van der Waals surface area contributed by atoms with Crippen molar-refractivity contribution in [1.29, 1.82) is 0 Å². The van der Waals surface area contributed by atoms with Gasteiger partial charge in [-0.25, -0.2) is 0 Å². The van der Waals surface area contributed by atoms with Crippen molar-refractivity contribution >= 4 is 28.2 Å². The zero-order chi connectivity index (χ0) is 23.0. The maximum absolute atomic E-state index is 12.4. The number of ether oxygens (including phenoxy) is 1. The molecule has 166 valence electrons. The summed E-state index contributed by atoms with van der Waals surface area (Å²) in [6, 6.07) is 27.0. The molecule has 0 atom stereocenters. The van der Waals surface area contributed by atoms with E-state index in [1.165, 1.54) is 11.3 Å². The van der Waals surface area contributed by atoms with Gasteiger partial charge in [-0.1, -0.05) is 66.7 Å². The molecular weight excluding hydrogens is 434 g/mol. The predicted octanol–water partition coefficient (Wildman–Crippen LogP) is 5.80. The highest BCUT2D eigenvalue weighted by atomic mass is 32.1. The smallest absolute Gasteiger partial charge is 0.307 e. The Hall–Kier alpha value is -3.90. The van der Waals surface area contributed by atoms with Crippen LogP contribution in [0.3, 0.4) is 0 Å². The first kappa shape index (κ1) is 22.3. The Kier molecular flexibility index (Phi) is 7.17. The second kappa shape index (κ2) is 10.6. The fourth-order valence-corrected chi connectivity index (χ4v) is 4.18. The number of anilines is 1. The molecule has 0 aliphatic heterocycles. The topological polar surface area (TPSA) is 75.6 Å². The third-order valence-electron chi connectivity index (χ3n) is 5.04. The summed E-state index contributed by atoms with van der Waals surface area (Å²) >= 11 is 1.48. The molecule has 0 bridgehead atoms. The first-order valence-electron chi connectivity index (χ1n) is 10.5. The molecule has 3 aromatic carbocycles. The molecule has 33 heavy (non-hydrogen) atoms. The minimum Gasteiger partial charge on any atom is -0.489 e. The molecule has 1 amide bonds. The summed E-state index contributed by atoms with van der Waals surface area (Å²) < 4.78 is 5.84. The minimum atomic E-state index is -0.872. The molecule has 0 aliphatic rings. The van der Waals surface area contributed by atoms with Gasteiger partial charge in [-0.3, -0.25) is 9.59 Å². The molecule has 0 saturated heterocycles. The van der Waals surface area contributed by atoms with Gasteiger partial charge in [-0.15, -0.1) is 11.3 Å². The van der Waals surface area contributed by atoms with Gasteiger partial charge in [0.05, 0.1) is 17.8 Å². The first-order chi connectivity index (χ1) is 16.0. The number of carboxylic acid groups (broad SMARTS) is 1. The van der Waals surface area contributed by atoms with Crippen molar-refractivity contribution in [3.05, 3.63) is 107 Å². The normalized spacial score (nSPS) is 10.5. The summed E-state index contributed by atoms with van der Waals surface area (Å²) in [6.45, 7) is 0.525. The lowest BCUT2D eigenvalue weighted by molar-refractivity contribution is -0.136. The van der Waals surface area contributed by atoms with E-state index in [2.05, 4.69) is 5.32 Å². The van der Waals surface area contributed by atoms with E-state index in [1.54, 1.807) is 24.3 Å². The summed E-state index contributed by atoms with van der Waals surface area (Å²) in [5.41, 5.74) is 4.75. The Morgan fingerprint density at radius 1 is 0.788 bits per heavy atom. The van der Waals surface area contributed by atoms with Crippen molar-refractivity contribution in [2.24, 2.45) is 0 Å². The molecule has 4 rings (SSSR count). The monoisotopic (exact) mass is 457 g/mol. The van der Waals surface area contributed by atoms with Crippen LogP contribution >= 0.6 is 11.3 Å². The Morgan fingerprint density at radius 2 is 1.45 bits per heavy atom. The van der Waals surface area contributed by atoms with E-state index in [4.69, 9.17) is 9.84 Å². The second-order valence-corrected chi connectivity index (χ2v) is 8.52. The van der Waals surface area contributed by atoms with Crippen LogP contribution < -0.4 is 10.1 Å². The van der Waals surface area contributed by atoms with E-state index in [9.17, 15) is 9.59 Å². The summed E-state index contributed by atoms with van der Waals surface area (Å²) in [5, 5.41) is 14.6. The Bertz CT molecular complexity index is 1220. The van der Waals surface area contributed by atoms with Crippen LogP contribution in [0, 0.1) is 0 Å². The van der Waals surface area contributed by atoms with Crippen molar-refractivity contribution in [3.8, 4) is 16.9 Å². The highest BCUT2D eigenvalue weighted by molar-refractivity contribution is 7.14. The molecule has 0 saturated carbocycles. The van der Waals surface area contributed by atoms with Crippen molar-refractivity contribution in [3.63, 3.8) is 0 Å². The van der Waals surface area contributed by atoms with Gasteiger partial charge >= 0.3 is 5.97 Å². The lowest BCUT2D eigenvalue weighted by atomic mass is 10.1. The van der Waals surface area contributed by atoms with Crippen LogP contribution in [0.2, 0.25) is 0 Å². The largest absolute Gasteiger partial charge is 0.489 e. The molecule has 0 spiro atoms. The summed E-state index contributed by atoms with van der Waals surface area (Å²) in [5.74, 6) is -0.178. The first-order valence-corrected chi connectivity index (χ1v) is 11.4. The number of benzene rings is 3. The fourth-order valence-electron chi connectivity index (χ4n) is 3.35. The van der Waals surface area contributed by atoms with Crippen LogP contribution in [0.5, 0.6) is 5.75 Å². The second-order valence-electron chi connectivity index (χ2n) is 7.61. The van der Waals surface area contributed by atoms with Crippen LogP contribution in [0.4, 0.5) is 5.00 Å². The summed E-state index contributed by atoms with van der Waals surface area (Å²) in [6.07, 6.45) is 0.207. The number of hydrogen-bond acceptors (Lipinski definition) is 4. The molecular formula is C27H23NO4S. The number of hydrogen-bond donors (Lipinski definition) is 2. The number of thiophene rings is 1. The SMILES string of the molecule is O=C(O)Cc1ccc(CC(=O)Nc2cc(-c3ccc(OCc4ccccc4)cc3)cs2)cc1. The lowest BCUT2D eigenvalue weighted by Gasteiger charge is -2.07. The van der Waals surface area contributed by atoms with Gasteiger partial charge in [0.2, 0.25) is 5.91 Å². The van der Waals surface area contributed by atoms with Crippen LogP contribution in [0.1, 0.15) is 16.7 Å². The van der Waals surface area contributed by atoms with Crippen molar-refractivity contribution in [2.75, 3.05) is 5.32 Å². The maximum atomic E-state index is 12.4. The van der Waals surface area contributed by atoms with E-state index in [0.717, 1.165) is 33.0 Å². The quantitative estimate of drug-likeness (QED) is 0.333. The number of nitrogens with one attached hydrogen (secondary N) is 1. The van der Waals surface area contributed by atoms with Gasteiger partial charge in [0.25, 0.3) is 0 Å². The molecule has 5 nitrogen and oxygen atoms in total. The van der Waals surface area contributed by atoms with Crippen molar-refractivity contribution < 1.29 is 19.4 Å². The van der Waals surface area contributed by atoms with Crippen LogP contribution in [-0.4, -0.2) is 17.0 Å². The third-order valence-corrected chi connectivity index (χ3v) is 5.89. The van der Waals surface area contributed by atoms with Crippen LogP contribution in [0.15, 0.2) is 90.3 Å². The molecule has 1 aromatic heterocycles. The maximum Gasteiger partial charge on any atom is 0.307 e. The number of aliphatic carboxylic acids is 1. The number of carbonyl (C=O) groups excluding carboxylic acids is 1. The van der Waals surface area contributed by atoms with E-state index >= 15 is 0 Å². The molecule has 1 heterocycles. The van der Waals surface area contributed by atoms with Gasteiger partial charge in [0.15, 0.2) is 0 Å². The van der Waals surface area contributed by atoms with Gasteiger partial charge < -0.3 is 15.2 Å². The average molecular weight is 458 g/mol. The van der Waals surface area contributed by atoms with E-state index < -0.39 is 5.97 Å². The van der Waals surface area contributed by atoms with Crippen molar-refractivity contribution in [2.45, 2.75) is 19.4 Å². The van der Waals surface area contributed by atoms with Crippen molar-refractivity contribution in [1.82, 2.24) is 0 Å². The molecule has 0 radical (unpaired) electrons. The number of rotatable bonds is 9. The standard InChI is InChI=1S/C27H23NO4S/c29-25(14-19-6-8-20(9-7-19)15-27(30)31)28-26-16-23(18-33-26)22-10-12-24(13-11-22)32-17-21-4-2-1-3-5-21/h1-13,16,18H,14-15,17H2,(H,28,29)(H,30,31). The van der Waals surface area contributed by atoms with Gasteiger partial charge in [0.1, 0.15) is 12.4 Å². The fraction of sp³-hybridized carbons (Fsp3) is 0.111. The van der Waals surface area contributed by atoms with Gasteiger partial charge in [0, 0.05) is 5.38 Å². The Morgan fingerprint density at radius 3 is 2.12 bits per heavy atom. The van der Waals surface area contributed by atoms with E-state index in [-0.39, 0.29) is 18.7 Å². The molecule has 2 N–H and O–H groups in total. The minimum absolute atomic E-state index is 0.0232. The molecule has 0 unspecified atom stereocenters. The summed E-state index contributed by atoms with van der Waals surface area (Å²) in [4.78, 5) is 23.2. The zero-order valence-corrected chi connectivity index (χ0v) is 18.7. The molecule has 6 heteroatoms. The van der Waals surface area contributed by atoms with Gasteiger partial charge in [-0.2, -0.15) is 0 Å². The van der Waals surface area contributed by atoms with Crippen LogP contribution in [-0.2, 0) is 29.0 Å². The molecule has 4 aromatic rings. The third kappa shape index (κ3) is 6.54.